The summed E-state index contributed by atoms with van der Waals surface area (Å²) < 4.78 is 5.00. The van der Waals surface area contributed by atoms with Crippen molar-refractivity contribution in [3.05, 3.63) is 0 Å². The molecular weight excluding hydrogens is 120 g/mol. The highest BCUT2D eigenvalue weighted by Gasteiger charge is 1.98. The third kappa shape index (κ3) is 3.14. The molecule has 0 rings (SSSR count). The van der Waals surface area contributed by atoms with Crippen LogP contribution in [0.2, 0.25) is 0 Å². The third-order valence-corrected chi connectivity index (χ3v) is 2.51. The van der Waals surface area contributed by atoms with E-state index in [0.717, 1.165) is 0 Å². The summed E-state index contributed by atoms with van der Waals surface area (Å²) in [6, 6.07) is 0. The van der Waals surface area contributed by atoms with Crippen molar-refractivity contribution in [3.8, 4) is 0 Å². The van der Waals surface area contributed by atoms with Gasteiger partial charge >= 0.3 is 0 Å². The lowest BCUT2D eigenvalue weighted by molar-refractivity contribution is 0.415. The van der Waals surface area contributed by atoms with Gasteiger partial charge in [0.15, 0.2) is 9.76 Å². The van der Waals surface area contributed by atoms with Gasteiger partial charge in [0.05, 0.1) is 5.79 Å². The highest BCUT2D eigenvalue weighted by Crippen LogP contribution is 1.68. The average molecular weight is 134 g/mol. The molecule has 0 aliphatic heterocycles. The second-order valence-electron chi connectivity index (χ2n) is 1.59. The smallest absolute Gasteiger partial charge is 0.192 e. The Morgan fingerprint density at radius 3 is 2.00 bits per heavy atom. The van der Waals surface area contributed by atoms with Crippen LogP contribution in [0.4, 0.5) is 0 Å². The molecule has 0 spiro atoms. The first-order chi connectivity index (χ1) is 3.85. The van der Waals surface area contributed by atoms with Gasteiger partial charge in [-0.1, -0.05) is 0 Å². The summed E-state index contributed by atoms with van der Waals surface area (Å²) in [5, 5.41) is 6.16. The Bertz CT molecular complexity index is 49.3. The monoisotopic (exact) mass is 134 g/mol. The Morgan fingerprint density at radius 2 is 1.88 bits per heavy atom. The van der Waals surface area contributed by atoms with E-state index in [4.69, 9.17) is 4.43 Å². The zero-order valence-electron chi connectivity index (χ0n) is 5.69. The van der Waals surface area contributed by atoms with Gasteiger partial charge in [-0.2, -0.15) is 0 Å². The van der Waals surface area contributed by atoms with E-state index in [1.807, 2.05) is 14.1 Å². The van der Waals surface area contributed by atoms with Crippen LogP contribution in [0.5, 0.6) is 0 Å². The summed E-state index contributed by atoms with van der Waals surface area (Å²) in [7, 11) is 5.20. The van der Waals surface area contributed by atoms with Crippen molar-refractivity contribution in [2.24, 2.45) is 0 Å². The van der Waals surface area contributed by atoms with Crippen molar-refractivity contribution in [2.75, 3.05) is 21.2 Å². The molecule has 0 amide bonds. The summed E-state index contributed by atoms with van der Waals surface area (Å²) in [5.41, 5.74) is 0. The van der Waals surface area contributed by atoms with Gasteiger partial charge < -0.3 is 15.1 Å². The van der Waals surface area contributed by atoms with Crippen molar-refractivity contribution in [1.82, 2.24) is 10.6 Å². The van der Waals surface area contributed by atoms with Gasteiger partial charge in [0, 0.05) is 7.11 Å². The average Bonchev–Trinajstić information content (AvgIpc) is 1.83. The molecule has 4 heteroatoms. The van der Waals surface area contributed by atoms with Crippen molar-refractivity contribution in [2.45, 2.75) is 5.79 Å². The second-order valence-corrected chi connectivity index (χ2v) is 3.31. The van der Waals surface area contributed by atoms with E-state index in [0.29, 0.717) is 5.79 Å². The van der Waals surface area contributed by atoms with Crippen LogP contribution in [0, 0.1) is 0 Å². The quantitative estimate of drug-likeness (QED) is 0.360. The Morgan fingerprint density at radius 1 is 1.38 bits per heavy atom. The molecule has 0 saturated heterocycles. The van der Waals surface area contributed by atoms with E-state index in [2.05, 4.69) is 10.6 Å². The Kier molecular flexibility index (Phi) is 5.30. The largest absolute Gasteiger partial charge is 0.424 e. The highest BCUT2D eigenvalue weighted by molar-refractivity contribution is 6.29. The number of nitrogens with one attached hydrogen (secondary N) is 2. The molecule has 0 aromatic rings. The zero-order chi connectivity index (χ0) is 6.41. The minimum Gasteiger partial charge on any atom is -0.424 e. The normalized spacial score (nSPS) is 12.0. The van der Waals surface area contributed by atoms with Crippen LogP contribution in [-0.2, 0) is 4.43 Å². The topological polar surface area (TPSA) is 33.3 Å². The van der Waals surface area contributed by atoms with Gasteiger partial charge in [-0.15, -0.1) is 0 Å². The lowest BCUT2D eigenvalue weighted by Gasteiger charge is -2.11. The summed E-state index contributed by atoms with van der Waals surface area (Å²) >= 11 is 0. The fourth-order valence-electron chi connectivity index (χ4n) is 0.478. The molecule has 0 heterocycles. The number of rotatable bonds is 4. The van der Waals surface area contributed by atoms with Crippen LogP contribution in [0.3, 0.4) is 0 Å². The maximum absolute atomic E-state index is 5.00. The fraction of sp³-hybridized carbons (Fsp3) is 1.00. The van der Waals surface area contributed by atoms with Gasteiger partial charge in [0.25, 0.3) is 0 Å². The summed E-state index contributed by atoms with van der Waals surface area (Å²) in [5.74, 6) is 0.417. The maximum Gasteiger partial charge on any atom is 0.192 e. The molecule has 8 heavy (non-hydrogen) atoms. The highest BCUT2D eigenvalue weighted by atomic mass is 28.2. The van der Waals surface area contributed by atoms with E-state index in [1.165, 1.54) is 0 Å². The minimum absolute atomic E-state index is 0.387. The van der Waals surface area contributed by atoms with Gasteiger partial charge in [-0.3, -0.25) is 0 Å². The minimum atomic E-state index is -0.387. The van der Waals surface area contributed by atoms with Crippen molar-refractivity contribution >= 4 is 9.76 Å². The molecule has 0 atom stereocenters. The van der Waals surface area contributed by atoms with Crippen LogP contribution >= 0.6 is 0 Å². The molecular formula is C4H14N2OSi. The molecule has 0 aliphatic rings. The zero-order valence-corrected chi connectivity index (χ0v) is 7.11. The second kappa shape index (κ2) is 5.24. The number of hydrogen-bond acceptors (Lipinski definition) is 3. The maximum atomic E-state index is 5.00. The van der Waals surface area contributed by atoms with E-state index in [9.17, 15) is 0 Å². The van der Waals surface area contributed by atoms with Crippen LogP contribution in [-0.4, -0.2) is 36.8 Å². The van der Waals surface area contributed by atoms with Gasteiger partial charge in [-0.05, 0) is 14.1 Å². The predicted octanol–water partition coefficient (Wildman–Crippen LogP) is -1.56. The first kappa shape index (κ1) is 8.10. The van der Waals surface area contributed by atoms with Crippen molar-refractivity contribution in [3.63, 3.8) is 0 Å². The Labute approximate surface area is 52.7 Å². The van der Waals surface area contributed by atoms with Crippen LogP contribution < -0.4 is 10.6 Å². The third-order valence-electron chi connectivity index (χ3n) is 1.03. The lowest BCUT2D eigenvalue weighted by atomic mass is 11.0. The first-order valence-corrected chi connectivity index (χ1v) is 4.08. The molecule has 0 aliphatic carbocycles. The molecule has 50 valence electrons. The molecule has 3 nitrogen and oxygen atoms in total. The summed E-state index contributed by atoms with van der Waals surface area (Å²) in [4.78, 5) is 0. The SMILES string of the molecule is CNC(NC)[SiH2]OC. The molecule has 0 aromatic heterocycles. The van der Waals surface area contributed by atoms with Crippen molar-refractivity contribution in [1.29, 1.82) is 0 Å². The first-order valence-electron chi connectivity index (χ1n) is 2.68. The van der Waals surface area contributed by atoms with Gasteiger partial charge in [0.2, 0.25) is 0 Å². The fourth-order valence-corrected chi connectivity index (χ4v) is 1.14. The van der Waals surface area contributed by atoms with Gasteiger partial charge in [0.1, 0.15) is 0 Å². The summed E-state index contributed by atoms with van der Waals surface area (Å²) in [6.07, 6.45) is 0. The van der Waals surface area contributed by atoms with Crippen LogP contribution in [0.25, 0.3) is 0 Å². The molecule has 0 unspecified atom stereocenters. The van der Waals surface area contributed by atoms with Gasteiger partial charge in [-0.25, -0.2) is 0 Å². The lowest BCUT2D eigenvalue weighted by Crippen LogP contribution is -2.43. The molecule has 2 N–H and O–H groups in total. The molecule has 0 radical (unpaired) electrons. The van der Waals surface area contributed by atoms with Crippen LogP contribution in [0.1, 0.15) is 0 Å². The molecule has 0 fully saturated rings. The van der Waals surface area contributed by atoms with E-state index in [-0.39, 0.29) is 9.76 Å². The molecule has 0 bridgehead atoms. The van der Waals surface area contributed by atoms with Crippen LogP contribution in [0.15, 0.2) is 0 Å². The summed E-state index contributed by atoms with van der Waals surface area (Å²) in [6.45, 7) is 0. The predicted molar refractivity (Wildman–Crippen MR) is 37.5 cm³/mol. The molecule has 0 saturated carbocycles. The van der Waals surface area contributed by atoms with Crippen molar-refractivity contribution < 1.29 is 4.43 Å². The standard InChI is InChI=1S/C4H14N2OSi/c1-5-4(6-2)8-7-3/h4-6H,8H2,1-3H3. The molecule has 0 aromatic carbocycles. The Hall–Kier alpha value is 0.0969. The Balaban J connectivity index is 3.07. The van der Waals surface area contributed by atoms with E-state index < -0.39 is 0 Å². The number of hydrogen-bond donors (Lipinski definition) is 2. The van der Waals surface area contributed by atoms with E-state index >= 15 is 0 Å². The van der Waals surface area contributed by atoms with E-state index in [1.54, 1.807) is 7.11 Å².